The van der Waals surface area contributed by atoms with Gasteiger partial charge in [0.05, 0.1) is 0 Å². The second kappa shape index (κ2) is 22.0. The molecule has 0 aliphatic rings. The van der Waals surface area contributed by atoms with E-state index in [0.717, 1.165) is 0 Å². The molecular formula is C26H38ClSiZr-3. The van der Waals surface area contributed by atoms with Crippen LogP contribution in [0, 0.1) is 19.9 Å². The van der Waals surface area contributed by atoms with Gasteiger partial charge in [0.2, 0.25) is 0 Å². The van der Waals surface area contributed by atoms with Gasteiger partial charge < -0.3 is 0 Å². The summed E-state index contributed by atoms with van der Waals surface area (Å²) in [6, 6.07) is 26.3. The van der Waals surface area contributed by atoms with E-state index >= 15 is 0 Å². The first-order valence-corrected chi connectivity index (χ1v) is 16.3. The molecule has 0 N–H and O–H groups in total. The number of hydrogen-bond donors (Lipinski definition) is 0. The van der Waals surface area contributed by atoms with Crippen molar-refractivity contribution in [3.8, 4) is 0 Å². The monoisotopic (exact) mass is 503 g/mol. The van der Waals surface area contributed by atoms with Crippen LogP contribution < -0.4 is 0 Å². The van der Waals surface area contributed by atoms with E-state index in [0.29, 0.717) is 0 Å². The van der Waals surface area contributed by atoms with E-state index in [1.165, 1.54) is 60.8 Å². The molecule has 3 heteroatoms. The molecule has 0 aromatic heterocycles. The molecule has 0 unspecified atom stereocenters. The molecule has 160 valence electrons. The zero-order chi connectivity index (χ0) is 21.0. The Labute approximate surface area is 202 Å². The Morgan fingerprint density at radius 3 is 1.62 bits per heavy atom. The van der Waals surface area contributed by atoms with Crippen molar-refractivity contribution in [2.45, 2.75) is 66.2 Å². The van der Waals surface area contributed by atoms with E-state index in [-0.39, 0.29) is 12.4 Å². The first-order valence-electron chi connectivity index (χ1n) is 10.4. The average molecular weight is 505 g/mol. The summed E-state index contributed by atoms with van der Waals surface area (Å²) in [5, 5.41) is 0. The zero-order valence-corrected chi connectivity index (χ0v) is 23.4. The van der Waals surface area contributed by atoms with Gasteiger partial charge in [0.25, 0.3) is 0 Å². The van der Waals surface area contributed by atoms with Crippen LogP contribution in [0.4, 0.5) is 0 Å². The number of benzene rings is 1. The number of aryl methyl sites for hydroxylation is 4. The summed E-state index contributed by atoms with van der Waals surface area (Å²) < 4.78 is 0. The van der Waals surface area contributed by atoms with Gasteiger partial charge >= 0.3 is 30.2 Å². The van der Waals surface area contributed by atoms with Crippen LogP contribution in [0.3, 0.4) is 0 Å². The maximum absolute atomic E-state index is 3.10. The Morgan fingerprint density at radius 2 is 1.34 bits per heavy atom. The Morgan fingerprint density at radius 1 is 0.862 bits per heavy atom. The van der Waals surface area contributed by atoms with E-state index in [2.05, 4.69) is 88.4 Å². The van der Waals surface area contributed by atoms with E-state index < -0.39 is 0 Å². The molecule has 0 heterocycles. The van der Waals surface area contributed by atoms with Crippen LogP contribution in [0.25, 0.3) is 0 Å². The average Bonchev–Trinajstić information content (AvgIpc) is 3.44. The topological polar surface area (TPSA) is 0 Å². The molecule has 0 amide bonds. The van der Waals surface area contributed by atoms with E-state index in [1.807, 2.05) is 19.0 Å². The molecule has 0 radical (unpaired) electrons. The van der Waals surface area contributed by atoms with Gasteiger partial charge in [0, 0.05) is 0 Å². The predicted molar refractivity (Wildman–Crippen MR) is 132 cm³/mol. The molecule has 0 saturated heterocycles. The van der Waals surface area contributed by atoms with Crippen molar-refractivity contribution >= 4 is 19.3 Å². The Bertz CT molecular complexity index is 615. The minimum absolute atomic E-state index is 0. The molecule has 0 fully saturated rings. The van der Waals surface area contributed by atoms with Crippen LogP contribution in [0.15, 0.2) is 66.7 Å². The third kappa shape index (κ3) is 16.8. The fourth-order valence-electron chi connectivity index (χ4n) is 2.53. The van der Waals surface area contributed by atoms with Gasteiger partial charge in [-0.1, -0.05) is 66.2 Å². The van der Waals surface area contributed by atoms with Gasteiger partial charge in [-0.3, -0.25) is 0 Å². The summed E-state index contributed by atoms with van der Waals surface area (Å²) in [7, 11) is 0. The van der Waals surface area contributed by atoms with E-state index in [9.17, 15) is 0 Å². The normalized spacial score (nSPS) is 8.79. The molecular weight excluding hydrogens is 467 g/mol. The van der Waals surface area contributed by atoms with Gasteiger partial charge in [-0.25, -0.2) is 12.1 Å². The first kappa shape index (κ1) is 30.5. The molecule has 0 aliphatic heterocycles. The summed E-state index contributed by atoms with van der Waals surface area (Å²) in [6.45, 7) is 10.6. The molecule has 0 saturated carbocycles. The van der Waals surface area contributed by atoms with Crippen LogP contribution in [0.2, 0.25) is 0 Å². The summed E-state index contributed by atoms with van der Waals surface area (Å²) in [6.07, 6.45) is 7.75. The fraction of sp³-hybridized carbons (Fsp3) is 0.385. The molecule has 0 spiro atoms. The van der Waals surface area contributed by atoms with Crippen LogP contribution >= 0.6 is 12.4 Å². The van der Waals surface area contributed by atoms with Gasteiger partial charge in [0.1, 0.15) is 0 Å². The standard InChI is InChI=1S/2C9H13.C8H9.ClH.H2Si.Zr/c2*1-2-3-6-9-7-4-5-8-9;1-7-5-3-4-6-8(7)2;;;/h2*4-5,7-8H,2-3,6H2,1H3;3-5H,1-2H3;1H;1H2;/q3*-1;;;. The molecule has 29 heavy (non-hydrogen) atoms. The number of hydrogen-bond acceptors (Lipinski definition) is 0. The summed E-state index contributed by atoms with van der Waals surface area (Å²) >= 11 is 1.58. The molecule has 3 aromatic carbocycles. The van der Waals surface area contributed by atoms with Crippen molar-refractivity contribution in [2.75, 3.05) is 0 Å². The number of halogens is 1. The van der Waals surface area contributed by atoms with Gasteiger partial charge in [-0.05, 0) is 0 Å². The van der Waals surface area contributed by atoms with Gasteiger partial charge in [-0.15, -0.1) is 12.4 Å². The van der Waals surface area contributed by atoms with Crippen molar-refractivity contribution < 1.29 is 23.3 Å². The van der Waals surface area contributed by atoms with Crippen molar-refractivity contribution in [3.05, 3.63) is 95.1 Å². The SMILES string of the molecule is CCCCc1cc[cH-]c1.CCCCc1cc[cH-]c1.Cc1[c-]cccc1C.Cl.[SiH2]=[Zr]. The third-order valence-corrected chi connectivity index (χ3v) is 4.44. The van der Waals surface area contributed by atoms with Crippen molar-refractivity contribution in [3.63, 3.8) is 0 Å². The fourth-order valence-corrected chi connectivity index (χ4v) is 2.53. The summed E-state index contributed by atoms with van der Waals surface area (Å²) in [4.78, 5) is 0. The van der Waals surface area contributed by atoms with E-state index in [4.69, 9.17) is 0 Å². The molecule has 0 atom stereocenters. The van der Waals surface area contributed by atoms with Crippen LogP contribution in [-0.4, -0.2) is 6.88 Å². The third-order valence-electron chi connectivity index (χ3n) is 4.44. The molecule has 0 nitrogen and oxygen atoms in total. The van der Waals surface area contributed by atoms with Crippen LogP contribution in [0.1, 0.15) is 61.8 Å². The molecule has 0 bridgehead atoms. The van der Waals surface area contributed by atoms with Crippen molar-refractivity contribution in [1.82, 2.24) is 0 Å². The summed E-state index contributed by atoms with van der Waals surface area (Å²) in [5.41, 5.74) is 5.52. The van der Waals surface area contributed by atoms with Gasteiger partial charge in [-0.2, -0.15) is 82.9 Å². The minimum atomic E-state index is 0. The van der Waals surface area contributed by atoms with Crippen molar-refractivity contribution in [1.29, 1.82) is 0 Å². The Kier molecular flexibility index (Phi) is 23.1. The second-order valence-corrected chi connectivity index (χ2v) is 6.77. The number of rotatable bonds is 6. The quantitative estimate of drug-likeness (QED) is 0.248. The predicted octanol–water partition coefficient (Wildman–Crippen LogP) is 7.10. The number of unbranched alkanes of at least 4 members (excludes halogenated alkanes) is 2. The van der Waals surface area contributed by atoms with Crippen LogP contribution in [-0.2, 0) is 36.2 Å². The Hall–Kier alpha value is -0.690. The van der Waals surface area contributed by atoms with Gasteiger partial charge in [0.15, 0.2) is 0 Å². The second-order valence-electron chi connectivity index (χ2n) is 6.77. The maximum atomic E-state index is 3.10. The zero-order valence-electron chi connectivity index (χ0n) is 18.7. The first-order chi connectivity index (χ1) is 13.7. The summed E-state index contributed by atoms with van der Waals surface area (Å²) in [5.74, 6) is 0. The van der Waals surface area contributed by atoms with E-state index in [1.54, 1.807) is 23.3 Å². The molecule has 3 aromatic rings. The molecule has 3 rings (SSSR count). The van der Waals surface area contributed by atoms with Crippen molar-refractivity contribution in [2.24, 2.45) is 0 Å². The Balaban J connectivity index is 0. The molecule has 0 aliphatic carbocycles. The van der Waals surface area contributed by atoms with Crippen LogP contribution in [0.5, 0.6) is 0 Å².